The van der Waals surface area contributed by atoms with Crippen molar-refractivity contribution in [1.82, 2.24) is 9.78 Å². The van der Waals surface area contributed by atoms with Crippen molar-refractivity contribution in [2.45, 2.75) is 46.1 Å². The van der Waals surface area contributed by atoms with Gasteiger partial charge in [-0.25, -0.2) is 4.68 Å². The van der Waals surface area contributed by atoms with Crippen molar-refractivity contribution in [1.29, 1.82) is 0 Å². The van der Waals surface area contributed by atoms with Gasteiger partial charge >= 0.3 is 5.69 Å². The predicted molar refractivity (Wildman–Crippen MR) is 73.3 cm³/mol. The standard InChI is InChI=1S/C12H22N4O3/c1-3-15-12(11(16(18)19)10(2)14-15)13-8-6-4-5-7-9-17/h13,17H,3-9H2,1-2H3. The molecular formula is C12H22N4O3. The molecule has 7 nitrogen and oxygen atoms in total. The molecule has 0 aliphatic rings. The number of nitro groups is 1. The summed E-state index contributed by atoms with van der Waals surface area (Å²) >= 11 is 0. The SMILES string of the molecule is CCn1nc(C)c([N+](=O)[O-])c1NCCCCCCO. The van der Waals surface area contributed by atoms with E-state index in [1.54, 1.807) is 11.6 Å². The van der Waals surface area contributed by atoms with Crippen LogP contribution in [0.2, 0.25) is 0 Å². The summed E-state index contributed by atoms with van der Waals surface area (Å²) in [5.41, 5.74) is 0.506. The molecule has 0 fully saturated rings. The third-order valence-electron chi connectivity index (χ3n) is 2.96. The first-order chi connectivity index (χ1) is 9.11. The second-order valence-corrected chi connectivity index (χ2v) is 4.42. The van der Waals surface area contributed by atoms with Gasteiger partial charge in [0.2, 0.25) is 5.82 Å². The fourth-order valence-corrected chi connectivity index (χ4v) is 1.99. The lowest BCUT2D eigenvalue weighted by Crippen LogP contribution is -2.09. The van der Waals surface area contributed by atoms with E-state index in [2.05, 4.69) is 10.4 Å². The average Bonchev–Trinajstić information content (AvgIpc) is 2.69. The summed E-state index contributed by atoms with van der Waals surface area (Å²) in [4.78, 5) is 10.6. The van der Waals surface area contributed by atoms with E-state index >= 15 is 0 Å². The molecule has 1 heterocycles. The van der Waals surface area contributed by atoms with Crippen molar-refractivity contribution >= 4 is 11.5 Å². The molecule has 0 saturated heterocycles. The topological polar surface area (TPSA) is 93.2 Å². The Balaban J connectivity index is 2.58. The zero-order chi connectivity index (χ0) is 14.3. The smallest absolute Gasteiger partial charge is 0.333 e. The van der Waals surface area contributed by atoms with Crippen LogP contribution in [0.1, 0.15) is 38.3 Å². The van der Waals surface area contributed by atoms with Crippen LogP contribution >= 0.6 is 0 Å². The van der Waals surface area contributed by atoms with Gasteiger partial charge in [-0.3, -0.25) is 10.1 Å². The number of unbranched alkanes of at least 4 members (excludes halogenated alkanes) is 3. The van der Waals surface area contributed by atoms with Crippen molar-refractivity contribution < 1.29 is 10.0 Å². The van der Waals surface area contributed by atoms with Crippen molar-refractivity contribution in [3.63, 3.8) is 0 Å². The molecule has 0 radical (unpaired) electrons. The van der Waals surface area contributed by atoms with Gasteiger partial charge in [0, 0.05) is 19.7 Å². The summed E-state index contributed by atoms with van der Waals surface area (Å²) in [6, 6.07) is 0. The highest BCUT2D eigenvalue weighted by Gasteiger charge is 2.24. The van der Waals surface area contributed by atoms with Gasteiger partial charge in [0.05, 0.1) is 4.92 Å². The summed E-state index contributed by atoms with van der Waals surface area (Å²) in [5.74, 6) is 0.493. The molecule has 0 aliphatic heterocycles. The van der Waals surface area contributed by atoms with Crippen LogP contribution in [0.4, 0.5) is 11.5 Å². The molecule has 0 saturated carbocycles. The molecule has 0 spiro atoms. The second-order valence-electron chi connectivity index (χ2n) is 4.42. The Hall–Kier alpha value is -1.63. The summed E-state index contributed by atoms with van der Waals surface area (Å²) in [6.45, 7) is 5.05. The zero-order valence-electron chi connectivity index (χ0n) is 11.6. The van der Waals surface area contributed by atoms with E-state index in [0.717, 1.165) is 25.7 Å². The highest BCUT2D eigenvalue weighted by atomic mass is 16.6. The third kappa shape index (κ3) is 4.20. The van der Waals surface area contributed by atoms with E-state index in [4.69, 9.17) is 5.11 Å². The van der Waals surface area contributed by atoms with E-state index < -0.39 is 0 Å². The van der Waals surface area contributed by atoms with Gasteiger partial charge in [0.1, 0.15) is 5.69 Å². The van der Waals surface area contributed by atoms with Gasteiger partial charge in [-0.1, -0.05) is 12.8 Å². The van der Waals surface area contributed by atoms with Crippen LogP contribution < -0.4 is 5.32 Å². The van der Waals surface area contributed by atoms with Gasteiger partial charge in [-0.05, 0) is 26.7 Å². The zero-order valence-corrected chi connectivity index (χ0v) is 11.6. The van der Waals surface area contributed by atoms with Crippen LogP contribution in [0.5, 0.6) is 0 Å². The molecule has 1 rings (SSSR count). The number of aliphatic hydroxyl groups excluding tert-OH is 1. The number of nitrogens with zero attached hydrogens (tertiary/aromatic N) is 3. The average molecular weight is 270 g/mol. The molecule has 0 unspecified atom stereocenters. The Bertz CT molecular complexity index is 417. The van der Waals surface area contributed by atoms with Gasteiger partial charge in [-0.2, -0.15) is 5.10 Å². The number of aromatic nitrogens is 2. The van der Waals surface area contributed by atoms with E-state index in [1.807, 2.05) is 6.92 Å². The van der Waals surface area contributed by atoms with Crippen LogP contribution in [0, 0.1) is 17.0 Å². The molecule has 2 N–H and O–H groups in total. The van der Waals surface area contributed by atoms with E-state index in [1.165, 1.54) is 0 Å². The fourth-order valence-electron chi connectivity index (χ4n) is 1.99. The van der Waals surface area contributed by atoms with Gasteiger partial charge in [0.15, 0.2) is 0 Å². The summed E-state index contributed by atoms with van der Waals surface area (Å²) in [5, 5.41) is 27.0. The molecule has 0 amide bonds. The Labute approximate surface area is 112 Å². The van der Waals surface area contributed by atoms with Gasteiger partial charge in [-0.15, -0.1) is 0 Å². The lowest BCUT2D eigenvalue weighted by molar-refractivity contribution is -0.384. The number of hydrogen-bond donors (Lipinski definition) is 2. The van der Waals surface area contributed by atoms with Gasteiger partial charge in [0.25, 0.3) is 0 Å². The monoisotopic (exact) mass is 270 g/mol. The normalized spacial score (nSPS) is 10.7. The molecule has 0 aromatic carbocycles. The first-order valence-electron chi connectivity index (χ1n) is 6.68. The summed E-state index contributed by atoms with van der Waals surface area (Å²) in [6.07, 6.45) is 3.71. The maximum absolute atomic E-state index is 11.0. The molecule has 1 aromatic rings. The fraction of sp³-hybridized carbons (Fsp3) is 0.750. The van der Waals surface area contributed by atoms with E-state index in [9.17, 15) is 10.1 Å². The predicted octanol–water partition coefficient (Wildman–Crippen LogP) is 2.08. The number of anilines is 1. The second kappa shape index (κ2) is 7.73. The summed E-state index contributed by atoms with van der Waals surface area (Å²) in [7, 11) is 0. The first kappa shape index (κ1) is 15.4. The Kier molecular flexibility index (Phi) is 6.27. The molecule has 7 heteroatoms. The van der Waals surface area contributed by atoms with Crippen LogP contribution in [-0.4, -0.2) is 33.0 Å². The number of aliphatic hydroxyl groups is 1. The summed E-state index contributed by atoms with van der Waals surface area (Å²) < 4.78 is 1.63. The van der Waals surface area contributed by atoms with Crippen molar-refractivity contribution in [3.8, 4) is 0 Å². The highest BCUT2D eigenvalue weighted by Crippen LogP contribution is 2.28. The van der Waals surface area contributed by atoms with Crippen LogP contribution in [0.15, 0.2) is 0 Å². The van der Waals surface area contributed by atoms with Crippen LogP contribution in [0.3, 0.4) is 0 Å². The molecule has 0 atom stereocenters. The van der Waals surface area contributed by atoms with E-state index in [-0.39, 0.29) is 17.2 Å². The van der Waals surface area contributed by atoms with E-state index in [0.29, 0.717) is 24.6 Å². The number of rotatable bonds is 9. The molecule has 108 valence electrons. The first-order valence-corrected chi connectivity index (χ1v) is 6.68. The molecule has 1 aromatic heterocycles. The molecular weight excluding hydrogens is 248 g/mol. The minimum absolute atomic E-state index is 0.0669. The number of aryl methyl sites for hydroxylation is 2. The van der Waals surface area contributed by atoms with Crippen LogP contribution in [-0.2, 0) is 6.54 Å². The number of hydrogen-bond acceptors (Lipinski definition) is 5. The maximum atomic E-state index is 11.0. The van der Waals surface area contributed by atoms with Crippen LogP contribution in [0.25, 0.3) is 0 Å². The van der Waals surface area contributed by atoms with Crippen molar-refractivity contribution in [2.75, 3.05) is 18.5 Å². The molecule has 0 bridgehead atoms. The Morgan fingerprint density at radius 3 is 2.63 bits per heavy atom. The number of nitrogens with one attached hydrogen (secondary N) is 1. The Morgan fingerprint density at radius 1 is 1.37 bits per heavy atom. The third-order valence-corrected chi connectivity index (χ3v) is 2.96. The minimum atomic E-state index is -0.386. The quantitative estimate of drug-likeness (QED) is 0.407. The van der Waals surface area contributed by atoms with Gasteiger partial charge < -0.3 is 10.4 Å². The molecule has 0 aliphatic carbocycles. The maximum Gasteiger partial charge on any atom is 0.333 e. The Morgan fingerprint density at radius 2 is 2.05 bits per heavy atom. The minimum Gasteiger partial charge on any atom is -0.396 e. The molecule has 19 heavy (non-hydrogen) atoms. The van der Waals surface area contributed by atoms with Crippen molar-refractivity contribution in [2.24, 2.45) is 0 Å². The highest BCUT2D eigenvalue weighted by molar-refractivity contribution is 5.59. The van der Waals surface area contributed by atoms with Crippen molar-refractivity contribution in [3.05, 3.63) is 15.8 Å². The lowest BCUT2D eigenvalue weighted by atomic mass is 10.2. The largest absolute Gasteiger partial charge is 0.396 e. The lowest BCUT2D eigenvalue weighted by Gasteiger charge is -2.07.